The summed E-state index contributed by atoms with van der Waals surface area (Å²) in [6.07, 6.45) is 6.12. The number of anilines is 1. The number of sulfone groups is 1. The molecule has 0 bridgehead atoms. The van der Waals surface area contributed by atoms with Gasteiger partial charge in [0, 0.05) is 18.7 Å². The van der Waals surface area contributed by atoms with Crippen LogP contribution < -0.4 is 10.6 Å². The van der Waals surface area contributed by atoms with Crippen LogP contribution in [0.2, 0.25) is 0 Å². The molecule has 0 unspecified atom stereocenters. The van der Waals surface area contributed by atoms with E-state index in [4.69, 9.17) is 4.42 Å². The van der Waals surface area contributed by atoms with Gasteiger partial charge in [-0.2, -0.15) is 0 Å². The smallest absolute Gasteiger partial charge is 0.223 e. The minimum atomic E-state index is -3.36. The van der Waals surface area contributed by atoms with Crippen LogP contribution in [0.1, 0.15) is 30.2 Å². The van der Waals surface area contributed by atoms with Crippen molar-refractivity contribution in [1.29, 1.82) is 0 Å². The van der Waals surface area contributed by atoms with Crippen LogP contribution in [-0.2, 0) is 16.4 Å². The van der Waals surface area contributed by atoms with E-state index in [-0.39, 0.29) is 10.8 Å². The molecule has 8 heteroatoms. The summed E-state index contributed by atoms with van der Waals surface area (Å²) in [5.41, 5.74) is 0.594. The average molecular weight is 336 g/mol. The fourth-order valence-corrected chi connectivity index (χ4v) is 3.55. The first-order chi connectivity index (χ1) is 11.0. The van der Waals surface area contributed by atoms with Gasteiger partial charge in [-0.3, -0.25) is 0 Å². The van der Waals surface area contributed by atoms with Gasteiger partial charge in [0.25, 0.3) is 0 Å². The third-order valence-electron chi connectivity index (χ3n) is 3.87. The van der Waals surface area contributed by atoms with Crippen LogP contribution in [0.5, 0.6) is 0 Å². The van der Waals surface area contributed by atoms with E-state index in [0.717, 1.165) is 31.7 Å². The molecular weight excluding hydrogens is 316 g/mol. The summed E-state index contributed by atoms with van der Waals surface area (Å²) in [7, 11) is -3.36. The number of piperidine rings is 1. The van der Waals surface area contributed by atoms with Crippen molar-refractivity contribution in [1.82, 2.24) is 15.3 Å². The van der Waals surface area contributed by atoms with Crippen molar-refractivity contribution < 1.29 is 12.8 Å². The normalized spacial score (nSPS) is 18.7. The van der Waals surface area contributed by atoms with Crippen LogP contribution in [0.25, 0.3) is 0 Å². The highest BCUT2D eigenvalue weighted by Gasteiger charge is 2.25. The highest BCUT2D eigenvalue weighted by molar-refractivity contribution is 7.90. The number of hydrogen-bond donors (Lipinski definition) is 2. The summed E-state index contributed by atoms with van der Waals surface area (Å²) in [6.45, 7) is 2.14. The Kier molecular flexibility index (Phi) is 4.63. The molecule has 7 nitrogen and oxygen atoms in total. The van der Waals surface area contributed by atoms with Gasteiger partial charge in [-0.15, -0.1) is 0 Å². The molecule has 3 heterocycles. The van der Waals surface area contributed by atoms with Gasteiger partial charge in [-0.05, 0) is 31.5 Å². The first-order valence-electron chi connectivity index (χ1n) is 7.58. The lowest BCUT2D eigenvalue weighted by Crippen LogP contribution is -2.30. The molecule has 2 aromatic rings. The summed E-state index contributed by atoms with van der Waals surface area (Å²) >= 11 is 0. The second-order valence-electron chi connectivity index (χ2n) is 5.69. The van der Waals surface area contributed by atoms with E-state index in [1.807, 2.05) is 12.1 Å². The van der Waals surface area contributed by atoms with E-state index in [2.05, 4.69) is 20.6 Å². The maximum atomic E-state index is 12.0. The first-order valence-corrected chi connectivity index (χ1v) is 9.47. The van der Waals surface area contributed by atoms with Crippen molar-refractivity contribution >= 4 is 15.8 Å². The van der Waals surface area contributed by atoms with E-state index in [9.17, 15) is 8.42 Å². The molecule has 23 heavy (non-hydrogen) atoms. The third-order valence-corrected chi connectivity index (χ3v) is 4.98. The molecule has 0 amide bonds. The standard InChI is InChI=1S/C15H20N4O3S/c1-23(20,21)13-10-18-15(17-9-12-5-3-7-22-12)19-14(13)11-4-2-6-16-8-11/h3,5,7,10-11,16H,2,4,6,8-9H2,1H3,(H,17,18,19)/t11-/m0/s1. The van der Waals surface area contributed by atoms with Gasteiger partial charge in [0.1, 0.15) is 10.7 Å². The topological polar surface area (TPSA) is 97.1 Å². The van der Waals surface area contributed by atoms with Gasteiger partial charge in [-0.25, -0.2) is 18.4 Å². The average Bonchev–Trinajstić information content (AvgIpc) is 3.06. The van der Waals surface area contributed by atoms with Gasteiger partial charge in [0.05, 0.1) is 24.7 Å². The molecule has 0 aliphatic carbocycles. The second kappa shape index (κ2) is 6.67. The van der Waals surface area contributed by atoms with Crippen molar-refractivity contribution in [3.63, 3.8) is 0 Å². The van der Waals surface area contributed by atoms with Crippen LogP contribution in [0.3, 0.4) is 0 Å². The van der Waals surface area contributed by atoms with E-state index in [1.165, 1.54) is 12.5 Å². The zero-order valence-corrected chi connectivity index (χ0v) is 13.8. The van der Waals surface area contributed by atoms with Crippen LogP contribution in [0, 0.1) is 0 Å². The van der Waals surface area contributed by atoms with Gasteiger partial charge < -0.3 is 15.1 Å². The van der Waals surface area contributed by atoms with Gasteiger partial charge in [0.15, 0.2) is 9.84 Å². The monoisotopic (exact) mass is 336 g/mol. The Hall–Kier alpha value is -1.93. The lowest BCUT2D eigenvalue weighted by atomic mass is 9.96. The Morgan fingerprint density at radius 1 is 1.48 bits per heavy atom. The highest BCUT2D eigenvalue weighted by Crippen LogP contribution is 2.27. The largest absolute Gasteiger partial charge is 0.467 e. The maximum Gasteiger partial charge on any atom is 0.223 e. The maximum absolute atomic E-state index is 12.0. The third kappa shape index (κ3) is 3.89. The molecule has 0 radical (unpaired) electrons. The van der Waals surface area contributed by atoms with Crippen molar-refractivity contribution in [2.24, 2.45) is 0 Å². The minimum absolute atomic E-state index is 0.0839. The SMILES string of the molecule is CS(=O)(=O)c1cnc(NCc2ccco2)nc1[C@H]1CCCNC1. The van der Waals surface area contributed by atoms with E-state index in [1.54, 1.807) is 6.26 Å². The quantitative estimate of drug-likeness (QED) is 0.855. The zero-order valence-electron chi connectivity index (χ0n) is 12.9. The van der Waals surface area contributed by atoms with E-state index >= 15 is 0 Å². The zero-order chi connectivity index (χ0) is 16.3. The summed E-state index contributed by atoms with van der Waals surface area (Å²) < 4.78 is 29.3. The molecule has 0 saturated carbocycles. The van der Waals surface area contributed by atoms with Crippen LogP contribution in [-0.4, -0.2) is 37.7 Å². The van der Waals surface area contributed by atoms with Crippen LogP contribution in [0.4, 0.5) is 5.95 Å². The Labute approximate surface area is 135 Å². The number of nitrogens with one attached hydrogen (secondary N) is 2. The summed E-state index contributed by atoms with van der Waals surface area (Å²) in [5.74, 6) is 1.26. The lowest BCUT2D eigenvalue weighted by Gasteiger charge is -2.24. The Bertz CT molecular complexity index is 753. The molecule has 1 saturated heterocycles. The van der Waals surface area contributed by atoms with Gasteiger partial charge in [-0.1, -0.05) is 0 Å². The Morgan fingerprint density at radius 2 is 2.35 bits per heavy atom. The predicted octanol–water partition coefficient (Wildman–Crippen LogP) is 1.55. The molecule has 1 aliphatic heterocycles. The lowest BCUT2D eigenvalue weighted by molar-refractivity contribution is 0.448. The van der Waals surface area contributed by atoms with Crippen LogP contribution in [0.15, 0.2) is 33.9 Å². The molecule has 1 atom stereocenters. The number of nitrogens with zero attached hydrogens (tertiary/aromatic N) is 2. The van der Waals surface area contributed by atoms with Gasteiger partial charge >= 0.3 is 0 Å². The minimum Gasteiger partial charge on any atom is -0.467 e. The molecule has 2 N–H and O–H groups in total. The molecule has 0 aromatic carbocycles. The molecule has 1 fully saturated rings. The van der Waals surface area contributed by atoms with Gasteiger partial charge in [0.2, 0.25) is 5.95 Å². The second-order valence-corrected chi connectivity index (χ2v) is 7.68. The Morgan fingerprint density at radius 3 is 3.00 bits per heavy atom. The van der Waals surface area contributed by atoms with Crippen molar-refractivity contribution in [2.75, 3.05) is 24.7 Å². The van der Waals surface area contributed by atoms with E-state index < -0.39 is 9.84 Å². The molecule has 0 spiro atoms. The molecule has 124 valence electrons. The van der Waals surface area contributed by atoms with E-state index in [0.29, 0.717) is 18.2 Å². The highest BCUT2D eigenvalue weighted by atomic mass is 32.2. The van der Waals surface area contributed by atoms with Crippen LogP contribution >= 0.6 is 0 Å². The first kappa shape index (κ1) is 15.9. The Balaban J connectivity index is 1.87. The molecule has 3 rings (SSSR count). The summed E-state index contributed by atoms with van der Waals surface area (Å²) in [6, 6.07) is 3.66. The van der Waals surface area contributed by atoms with Crippen molar-refractivity contribution in [3.8, 4) is 0 Å². The molecular formula is C15H20N4O3S. The fourth-order valence-electron chi connectivity index (χ4n) is 2.71. The van der Waals surface area contributed by atoms with Crippen molar-refractivity contribution in [3.05, 3.63) is 36.0 Å². The predicted molar refractivity (Wildman–Crippen MR) is 86.0 cm³/mol. The number of furan rings is 1. The fraction of sp³-hybridized carbons (Fsp3) is 0.467. The molecule has 2 aromatic heterocycles. The number of hydrogen-bond acceptors (Lipinski definition) is 7. The number of rotatable bonds is 5. The summed E-state index contributed by atoms with van der Waals surface area (Å²) in [5, 5.41) is 6.37. The molecule has 1 aliphatic rings. The summed E-state index contributed by atoms with van der Waals surface area (Å²) in [4.78, 5) is 8.83. The van der Waals surface area contributed by atoms with Crippen molar-refractivity contribution in [2.45, 2.75) is 30.2 Å². The number of aromatic nitrogens is 2.